The zero-order valence-corrected chi connectivity index (χ0v) is 11.2. The average molecular weight is 285 g/mol. The van der Waals surface area contributed by atoms with E-state index in [1.165, 1.54) is 6.92 Å². The van der Waals surface area contributed by atoms with Gasteiger partial charge in [-0.25, -0.2) is 13.2 Å². The third-order valence-electron chi connectivity index (χ3n) is 3.02. The van der Waals surface area contributed by atoms with Crippen molar-refractivity contribution >= 4 is 5.97 Å². The molecule has 0 saturated carbocycles. The van der Waals surface area contributed by atoms with Crippen LogP contribution in [0.1, 0.15) is 32.3 Å². The largest absolute Gasteiger partial charge is 0.465 e. The fraction of sp³-hybridized carbons (Fsp3) is 0.429. The molecule has 1 aromatic carbocycles. The number of ether oxygens (including phenoxy) is 1. The van der Waals surface area contributed by atoms with Crippen LogP contribution in [0.25, 0.3) is 0 Å². The summed E-state index contributed by atoms with van der Waals surface area (Å²) in [6.07, 6.45) is -0.215. The summed E-state index contributed by atoms with van der Waals surface area (Å²) >= 11 is 0. The molecule has 0 aromatic heterocycles. The number of rotatable bonds is 5. The van der Waals surface area contributed by atoms with Gasteiger partial charge in [0.25, 0.3) is 0 Å². The number of nitrogens with zero attached hydrogens (tertiary/aromatic N) is 1. The Labute approximate surface area is 115 Å². The van der Waals surface area contributed by atoms with Gasteiger partial charge in [-0.15, -0.1) is 0 Å². The minimum Gasteiger partial charge on any atom is -0.465 e. The predicted octanol–water partition coefficient (Wildman–Crippen LogP) is 3.23. The van der Waals surface area contributed by atoms with Crippen LogP contribution >= 0.6 is 0 Å². The van der Waals surface area contributed by atoms with Crippen molar-refractivity contribution in [1.82, 2.24) is 0 Å². The molecule has 6 heteroatoms. The maximum Gasteiger partial charge on any atom is 0.316 e. The summed E-state index contributed by atoms with van der Waals surface area (Å²) < 4.78 is 45.5. The lowest BCUT2D eigenvalue weighted by Crippen LogP contribution is -2.36. The first-order chi connectivity index (χ1) is 9.36. The molecular weight excluding hydrogens is 271 g/mol. The number of halogens is 3. The third-order valence-corrected chi connectivity index (χ3v) is 3.02. The second-order valence-electron chi connectivity index (χ2n) is 4.46. The summed E-state index contributed by atoms with van der Waals surface area (Å²) in [5.41, 5.74) is -2.25. The first kappa shape index (κ1) is 16.0. The van der Waals surface area contributed by atoms with Gasteiger partial charge in [0.05, 0.1) is 18.1 Å². The molecule has 0 amide bonds. The van der Waals surface area contributed by atoms with Crippen molar-refractivity contribution in [1.29, 1.82) is 5.26 Å². The standard InChI is InChI=1S/C14H14F3NO2/c1-3-20-13(19)14(2,5-4-6-18)12-10(16)7-9(15)8-11(12)17/h7-8H,3-5H2,1-2H3. The van der Waals surface area contributed by atoms with Gasteiger partial charge in [-0.05, 0) is 20.3 Å². The Morgan fingerprint density at radius 1 is 1.35 bits per heavy atom. The zero-order valence-electron chi connectivity index (χ0n) is 11.2. The molecule has 0 aliphatic rings. The van der Waals surface area contributed by atoms with Crippen molar-refractivity contribution in [2.75, 3.05) is 6.61 Å². The van der Waals surface area contributed by atoms with Gasteiger partial charge in [-0.1, -0.05) is 0 Å². The van der Waals surface area contributed by atoms with Crippen LogP contribution in [0.15, 0.2) is 12.1 Å². The Morgan fingerprint density at radius 2 is 1.90 bits per heavy atom. The monoisotopic (exact) mass is 285 g/mol. The highest BCUT2D eigenvalue weighted by Gasteiger charge is 2.41. The molecular formula is C14H14F3NO2. The normalized spacial score (nSPS) is 13.4. The van der Waals surface area contributed by atoms with Gasteiger partial charge in [0.2, 0.25) is 0 Å². The lowest BCUT2D eigenvalue weighted by molar-refractivity contribution is -0.150. The van der Waals surface area contributed by atoms with E-state index < -0.39 is 34.4 Å². The van der Waals surface area contributed by atoms with E-state index in [0.717, 1.165) is 0 Å². The van der Waals surface area contributed by atoms with Gasteiger partial charge < -0.3 is 4.74 Å². The van der Waals surface area contributed by atoms with E-state index in [4.69, 9.17) is 10.00 Å². The van der Waals surface area contributed by atoms with E-state index in [9.17, 15) is 18.0 Å². The molecule has 1 aromatic rings. The van der Waals surface area contributed by atoms with Crippen molar-refractivity contribution in [3.63, 3.8) is 0 Å². The van der Waals surface area contributed by atoms with Crippen LogP contribution in [0.3, 0.4) is 0 Å². The summed E-state index contributed by atoms with van der Waals surface area (Å²) in [4.78, 5) is 12.0. The Bertz CT molecular complexity index is 531. The number of benzene rings is 1. The van der Waals surface area contributed by atoms with Crippen LogP contribution in [0.4, 0.5) is 13.2 Å². The van der Waals surface area contributed by atoms with Crippen LogP contribution in [0.5, 0.6) is 0 Å². The molecule has 3 nitrogen and oxygen atoms in total. The van der Waals surface area contributed by atoms with Crippen LogP contribution < -0.4 is 0 Å². The Balaban J connectivity index is 3.38. The van der Waals surface area contributed by atoms with Crippen molar-refractivity contribution in [2.45, 2.75) is 32.1 Å². The molecule has 1 atom stereocenters. The van der Waals surface area contributed by atoms with Gasteiger partial charge in [0.1, 0.15) is 17.5 Å². The molecule has 0 radical (unpaired) electrons. The molecule has 108 valence electrons. The van der Waals surface area contributed by atoms with Crippen LogP contribution in [-0.4, -0.2) is 12.6 Å². The van der Waals surface area contributed by atoms with Gasteiger partial charge >= 0.3 is 5.97 Å². The number of hydrogen-bond donors (Lipinski definition) is 0. The second-order valence-corrected chi connectivity index (χ2v) is 4.46. The van der Waals surface area contributed by atoms with E-state index in [0.29, 0.717) is 12.1 Å². The summed E-state index contributed by atoms with van der Waals surface area (Å²) in [7, 11) is 0. The zero-order chi connectivity index (χ0) is 15.3. The highest BCUT2D eigenvalue weighted by Crippen LogP contribution is 2.34. The van der Waals surface area contributed by atoms with Crippen LogP contribution in [-0.2, 0) is 14.9 Å². The minimum absolute atomic E-state index is 0.0331. The number of carbonyl (C=O) groups is 1. The highest BCUT2D eigenvalue weighted by atomic mass is 19.1. The first-order valence-corrected chi connectivity index (χ1v) is 6.06. The molecule has 0 fully saturated rings. The second kappa shape index (κ2) is 6.42. The van der Waals surface area contributed by atoms with Gasteiger partial charge in [0.15, 0.2) is 0 Å². The molecule has 0 bridgehead atoms. The van der Waals surface area contributed by atoms with E-state index in [1.54, 1.807) is 6.92 Å². The average Bonchev–Trinajstić information content (AvgIpc) is 2.35. The number of hydrogen-bond acceptors (Lipinski definition) is 3. The molecule has 0 spiro atoms. The predicted molar refractivity (Wildman–Crippen MR) is 65.1 cm³/mol. The third kappa shape index (κ3) is 3.10. The van der Waals surface area contributed by atoms with E-state index >= 15 is 0 Å². The molecule has 0 aliphatic heterocycles. The Kier molecular flexibility index (Phi) is 5.14. The number of esters is 1. The van der Waals surface area contributed by atoms with Crippen molar-refractivity contribution < 1.29 is 22.7 Å². The summed E-state index contributed by atoms with van der Waals surface area (Å²) in [6.45, 7) is 2.87. The maximum absolute atomic E-state index is 13.9. The highest BCUT2D eigenvalue weighted by molar-refractivity contribution is 5.83. The first-order valence-electron chi connectivity index (χ1n) is 6.06. The molecule has 0 saturated heterocycles. The molecule has 0 heterocycles. The number of nitriles is 1. The topological polar surface area (TPSA) is 50.1 Å². The molecule has 20 heavy (non-hydrogen) atoms. The van der Waals surface area contributed by atoms with Gasteiger partial charge in [-0.3, -0.25) is 4.79 Å². The van der Waals surface area contributed by atoms with Crippen molar-refractivity contribution in [3.8, 4) is 6.07 Å². The molecule has 0 N–H and O–H groups in total. The minimum atomic E-state index is -1.67. The SMILES string of the molecule is CCOC(=O)C(C)(CCC#N)c1c(F)cc(F)cc1F. The Morgan fingerprint density at radius 3 is 2.35 bits per heavy atom. The summed E-state index contributed by atoms with van der Waals surface area (Å²) in [6, 6.07) is 2.82. The fourth-order valence-corrected chi connectivity index (χ4v) is 1.99. The molecule has 1 rings (SSSR count). The van der Waals surface area contributed by atoms with Crippen LogP contribution in [0, 0.1) is 28.8 Å². The van der Waals surface area contributed by atoms with Crippen LogP contribution in [0.2, 0.25) is 0 Å². The Hall–Kier alpha value is -2.03. The van der Waals surface area contributed by atoms with E-state index in [-0.39, 0.29) is 19.4 Å². The molecule has 1 unspecified atom stereocenters. The summed E-state index contributed by atoms with van der Waals surface area (Å²) in [5, 5.41) is 8.62. The van der Waals surface area contributed by atoms with Gasteiger partial charge in [0, 0.05) is 24.1 Å². The lowest BCUT2D eigenvalue weighted by Gasteiger charge is -2.27. The van der Waals surface area contributed by atoms with Crippen molar-refractivity contribution in [2.24, 2.45) is 0 Å². The quantitative estimate of drug-likeness (QED) is 0.780. The molecule has 0 aliphatic carbocycles. The van der Waals surface area contributed by atoms with Crippen molar-refractivity contribution in [3.05, 3.63) is 35.1 Å². The smallest absolute Gasteiger partial charge is 0.316 e. The van der Waals surface area contributed by atoms with Gasteiger partial charge in [-0.2, -0.15) is 5.26 Å². The summed E-state index contributed by atoms with van der Waals surface area (Å²) in [5.74, 6) is -4.26. The fourth-order valence-electron chi connectivity index (χ4n) is 1.99. The van der Waals surface area contributed by atoms with E-state index in [2.05, 4.69) is 0 Å². The maximum atomic E-state index is 13.9. The number of carbonyl (C=O) groups excluding carboxylic acids is 1. The van der Waals surface area contributed by atoms with E-state index in [1.807, 2.05) is 6.07 Å². The lowest BCUT2D eigenvalue weighted by atomic mass is 9.78.